The van der Waals surface area contributed by atoms with E-state index >= 15 is 0 Å². The lowest BCUT2D eigenvalue weighted by molar-refractivity contribution is 0.0727. The molecular formula is C23H18O7. The average Bonchev–Trinajstić information content (AvgIpc) is 3.29. The first kappa shape index (κ1) is 19.3. The molecule has 2 heterocycles. The van der Waals surface area contributed by atoms with Gasteiger partial charge in [-0.05, 0) is 43.3 Å². The molecule has 30 heavy (non-hydrogen) atoms. The molecule has 0 unspecified atom stereocenters. The van der Waals surface area contributed by atoms with Crippen LogP contribution in [-0.4, -0.2) is 26.0 Å². The molecule has 7 nitrogen and oxygen atoms in total. The van der Waals surface area contributed by atoms with E-state index in [1.807, 2.05) is 6.92 Å². The molecule has 0 atom stereocenters. The van der Waals surface area contributed by atoms with E-state index < -0.39 is 5.97 Å². The SMILES string of the molecule is COc1cccc(OC)c1C(=O)Oc1ccc2c(c1)O/C(=C\c1ccc(C)o1)C2=O. The Morgan fingerprint density at radius 1 is 1.00 bits per heavy atom. The van der Waals surface area contributed by atoms with Crippen LogP contribution in [0.2, 0.25) is 0 Å². The molecule has 0 radical (unpaired) electrons. The molecule has 0 saturated carbocycles. The molecule has 1 aliphatic heterocycles. The molecule has 7 heteroatoms. The molecule has 3 aromatic rings. The minimum atomic E-state index is -0.657. The zero-order chi connectivity index (χ0) is 21.3. The second kappa shape index (κ2) is 7.79. The van der Waals surface area contributed by atoms with Crippen molar-refractivity contribution in [3.05, 3.63) is 76.9 Å². The number of hydrogen-bond donors (Lipinski definition) is 0. The van der Waals surface area contributed by atoms with Gasteiger partial charge in [0.15, 0.2) is 5.76 Å². The minimum Gasteiger partial charge on any atom is -0.496 e. The zero-order valence-corrected chi connectivity index (χ0v) is 16.6. The van der Waals surface area contributed by atoms with Crippen LogP contribution >= 0.6 is 0 Å². The Morgan fingerprint density at radius 2 is 1.73 bits per heavy atom. The van der Waals surface area contributed by atoms with Gasteiger partial charge in [-0.15, -0.1) is 0 Å². The Morgan fingerprint density at radius 3 is 2.37 bits per heavy atom. The number of fused-ring (bicyclic) bond motifs is 1. The summed E-state index contributed by atoms with van der Waals surface area (Å²) in [5.41, 5.74) is 0.535. The van der Waals surface area contributed by atoms with Crippen LogP contribution in [0.15, 0.2) is 58.7 Å². The van der Waals surface area contributed by atoms with Crippen molar-refractivity contribution in [1.82, 2.24) is 0 Å². The number of carbonyl (C=O) groups is 2. The van der Waals surface area contributed by atoms with E-state index in [0.717, 1.165) is 5.76 Å². The number of hydrogen-bond acceptors (Lipinski definition) is 7. The van der Waals surface area contributed by atoms with Crippen molar-refractivity contribution in [1.29, 1.82) is 0 Å². The quantitative estimate of drug-likeness (QED) is 0.352. The van der Waals surface area contributed by atoms with Crippen LogP contribution < -0.4 is 18.9 Å². The smallest absolute Gasteiger partial charge is 0.351 e. The second-order valence-electron chi connectivity index (χ2n) is 6.47. The first-order valence-electron chi connectivity index (χ1n) is 9.08. The summed E-state index contributed by atoms with van der Waals surface area (Å²) in [6.45, 7) is 1.81. The van der Waals surface area contributed by atoms with Gasteiger partial charge in [0.25, 0.3) is 0 Å². The van der Waals surface area contributed by atoms with Gasteiger partial charge >= 0.3 is 5.97 Å². The number of rotatable bonds is 5. The van der Waals surface area contributed by atoms with Gasteiger partial charge in [-0.2, -0.15) is 0 Å². The highest BCUT2D eigenvalue weighted by molar-refractivity contribution is 6.14. The number of Topliss-reactive ketones (excluding diaryl/α,β-unsaturated/α-hetero) is 1. The molecule has 0 saturated heterocycles. The molecule has 0 aliphatic carbocycles. The van der Waals surface area contributed by atoms with Gasteiger partial charge in [-0.3, -0.25) is 4.79 Å². The predicted octanol–water partition coefficient (Wildman–Crippen LogP) is 4.44. The summed E-state index contributed by atoms with van der Waals surface area (Å²) in [4.78, 5) is 25.3. The zero-order valence-electron chi connectivity index (χ0n) is 16.6. The highest BCUT2D eigenvalue weighted by Gasteiger charge is 2.29. The third-order valence-electron chi connectivity index (χ3n) is 4.52. The van der Waals surface area contributed by atoms with Gasteiger partial charge in [0.1, 0.15) is 40.1 Å². The van der Waals surface area contributed by atoms with E-state index in [1.165, 1.54) is 32.4 Å². The number of esters is 1. The molecule has 0 N–H and O–H groups in total. The van der Waals surface area contributed by atoms with Crippen molar-refractivity contribution in [2.75, 3.05) is 14.2 Å². The maximum atomic E-state index is 12.7. The summed E-state index contributed by atoms with van der Waals surface area (Å²) in [5.74, 6) is 1.61. The first-order chi connectivity index (χ1) is 14.5. The standard InChI is InChI=1S/C23H18O7/c1-13-7-8-14(28-13)12-20-22(24)16-10-9-15(11-19(16)30-20)29-23(25)21-17(26-2)5-4-6-18(21)27-3/h4-12H,1-3H3/b20-12-. The summed E-state index contributed by atoms with van der Waals surface area (Å²) in [6.07, 6.45) is 1.53. The summed E-state index contributed by atoms with van der Waals surface area (Å²) < 4.78 is 27.1. The molecular weight excluding hydrogens is 388 g/mol. The normalized spacial score (nSPS) is 13.7. The van der Waals surface area contributed by atoms with E-state index in [1.54, 1.807) is 36.4 Å². The molecule has 1 aromatic heterocycles. The third-order valence-corrected chi connectivity index (χ3v) is 4.52. The Bertz CT molecular complexity index is 1150. The highest BCUT2D eigenvalue weighted by Crippen LogP contribution is 2.36. The number of ether oxygens (including phenoxy) is 4. The number of aryl methyl sites for hydroxylation is 1. The average molecular weight is 406 g/mol. The lowest BCUT2D eigenvalue weighted by Gasteiger charge is -2.12. The van der Waals surface area contributed by atoms with Crippen LogP contribution in [0.1, 0.15) is 32.2 Å². The largest absolute Gasteiger partial charge is 0.496 e. The lowest BCUT2D eigenvalue weighted by atomic mass is 10.1. The maximum Gasteiger partial charge on any atom is 0.351 e. The number of benzene rings is 2. The predicted molar refractivity (Wildman–Crippen MR) is 107 cm³/mol. The molecule has 0 fully saturated rings. The van der Waals surface area contributed by atoms with Gasteiger partial charge in [0.2, 0.25) is 5.78 Å². The van der Waals surface area contributed by atoms with Crippen LogP contribution in [0.3, 0.4) is 0 Å². The summed E-state index contributed by atoms with van der Waals surface area (Å²) in [6, 6.07) is 13.1. The topological polar surface area (TPSA) is 84.2 Å². The molecule has 0 spiro atoms. The Kier molecular flexibility index (Phi) is 5.02. The lowest BCUT2D eigenvalue weighted by Crippen LogP contribution is -2.12. The fourth-order valence-electron chi connectivity index (χ4n) is 3.10. The molecule has 152 valence electrons. The summed E-state index contributed by atoms with van der Waals surface area (Å²) in [7, 11) is 2.91. The van der Waals surface area contributed by atoms with Gasteiger partial charge in [-0.25, -0.2) is 4.79 Å². The van der Waals surface area contributed by atoms with Crippen LogP contribution in [0.4, 0.5) is 0 Å². The van der Waals surface area contributed by atoms with Crippen LogP contribution in [0, 0.1) is 6.92 Å². The van der Waals surface area contributed by atoms with Crippen molar-refractivity contribution in [2.24, 2.45) is 0 Å². The molecule has 1 aliphatic rings. The highest BCUT2D eigenvalue weighted by atomic mass is 16.5. The number of ketones is 1. The summed E-state index contributed by atoms with van der Waals surface area (Å²) in [5, 5.41) is 0. The molecule has 0 amide bonds. The van der Waals surface area contributed by atoms with Gasteiger partial charge < -0.3 is 23.4 Å². The van der Waals surface area contributed by atoms with Gasteiger partial charge in [0.05, 0.1) is 19.8 Å². The number of allylic oxidation sites excluding steroid dienone is 1. The second-order valence-corrected chi connectivity index (χ2v) is 6.47. The fourth-order valence-corrected chi connectivity index (χ4v) is 3.10. The van der Waals surface area contributed by atoms with Crippen LogP contribution in [0.5, 0.6) is 23.0 Å². The van der Waals surface area contributed by atoms with Crippen molar-refractivity contribution >= 4 is 17.8 Å². The van der Waals surface area contributed by atoms with Crippen LogP contribution in [0.25, 0.3) is 6.08 Å². The van der Waals surface area contributed by atoms with Crippen molar-refractivity contribution in [3.8, 4) is 23.0 Å². The minimum absolute atomic E-state index is 0.134. The van der Waals surface area contributed by atoms with Crippen LogP contribution in [-0.2, 0) is 0 Å². The van der Waals surface area contributed by atoms with Gasteiger partial charge in [-0.1, -0.05) is 6.07 Å². The van der Waals surface area contributed by atoms with E-state index in [0.29, 0.717) is 28.6 Å². The molecule has 2 aromatic carbocycles. The number of methoxy groups -OCH3 is 2. The van der Waals surface area contributed by atoms with Crippen molar-refractivity contribution in [3.63, 3.8) is 0 Å². The fraction of sp³-hybridized carbons (Fsp3) is 0.130. The molecule has 0 bridgehead atoms. The van der Waals surface area contributed by atoms with Gasteiger partial charge in [0, 0.05) is 12.1 Å². The Balaban J connectivity index is 1.59. The van der Waals surface area contributed by atoms with E-state index in [4.69, 9.17) is 23.4 Å². The van der Waals surface area contributed by atoms with Crippen molar-refractivity contribution in [2.45, 2.75) is 6.92 Å². The molecule has 4 rings (SSSR count). The number of furan rings is 1. The van der Waals surface area contributed by atoms with E-state index in [9.17, 15) is 9.59 Å². The van der Waals surface area contributed by atoms with E-state index in [2.05, 4.69) is 0 Å². The monoisotopic (exact) mass is 406 g/mol. The Labute approximate surface area is 172 Å². The Hall–Kier alpha value is -4.00. The first-order valence-corrected chi connectivity index (χ1v) is 9.08. The van der Waals surface area contributed by atoms with E-state index in [-0.39, 0.29) is 22.9 Å². The maximum absolute atomic E-state index is 12.7. The third kappa shape index (κ3) is 3.53. The van der Waals surface area contributed by atoms with Crippen molar-refractivity contribution < 1.29 is 33.0 Å². The summed E-state index contributed by atoms with van der Waals surface area (Å²) >= 11 is 0. The number of carbonyl (C=O) groups excluding carboxylic acids is 2.